The lowest BCUT2D eigenvalue weighted by molar-refractivity contribution is 0.0937. The fraction of sp³-hybridized carbons (Fsp3) is 0.438. The van der Waals surface area contributed by atoms with E-state index < -0.39 is 0 Å². The second-order valence-corrected chi connectivity index (χ2v) is 5.59. The summed E-state index contributed by atoms with van der Waals surface area (Å²) in [5.41, 5.74) is 0.923. The zero-order valence-electron chi connectivity index (χ0n) is 13.0. The predicted molar refractivity (Wildman–Crippen MR) is 84.5 cm³/mol. The highest BCUT2D eigenvalue weighted by atomic mass is 16.5. The van der Waals surface area contributed by atoms with Gasteiger partial charge in [0.25, 0.3) is 11.8 Å². The summed E-state index contributed by atoms with van der Waals surface area (Å²) in [4.78, 5) is 28.9. The van der Waals surface area contributed by atoms with Gasteiger partial charge in [-0.15, -0.1) is 0 Å². The summed E-state index contributed by atoms with van der Waals surface area (Å²) < 4.78 is 6.60. The van der Waals surface area contributed by atoms with Gasteiger partial charge in [-0.05, 0) is 31.4 Å². The molecule has 0 aromatic carbocycles. The molecule has 2 aromatic heterocycles. The Balaban J connectivity index is 1.82. The van der Waals surface area contributed by atoms with E-state index in [4.69, 9.17) is 4.74 Å². The molecule has 0 aliphatic heterocycles. The summed E-state index contributed by atoms with van der Waals surface area (Å²) >= 11 is 0. The summed E-state index contributed by atoms with van der Waals surface area (Å²) in [5.74, 6) is -0.304. The van der Waals surface area contributed by atoms with Crippen LogP contribution in [0.25, 0.3) is 5.52 Å². The molecule has 2 aromatic rings. The maximum Gasteiger partial charge on any atom is 0.287 e. The average Bonchev–Trinajstić information content (AvgIpc) is 3.28. The van der Waals surface area contributed by atoms with E-state index in [2.05, 4.69) is 15.6 Å². The van der Waals surface area contributed by atoms with Gasteiger partial charge in [-0.25, -0.2) is 4.98 Å². The quantitative estimate of drug-likeness (QED) is 0.746. The standard InChI is InChI=1S/C16H20N4O3/c1-23-10-4-8-17-16(22)14-19-13(15(21)18-11-6-7-11)12-5-2-3-9-20(12)14/h2-3,5,9,11H,4,6-8,10H2,1H3,(H,17,22)(H,18,21). The molecule has 0 radical (unpaired) electrons. The number of methoxy groups -OCH3 is 1. The lowest BCUT2D eigenvalue weighted by Crippen LogP contribution is -2.28. The minimum Gasteiger partial charge on any atom is -0.385 e. The Hall–Kier alpha value is -2.41. The van der Waals surface area contributed by atoms with Crippen molar-refractivity contribution in [3.8, 4) is 0 Å². The average molecular weight is 316 g/mol. The topological polar surface area (TPSA) is 84.7 Å². The van der Waals surface area contributed by atoms with Gasteiger partial charge in [-0.1, -0.05) is 6.07 Å². The number of carbonyl (C=O) groups excluding carboxylic acids is 2. The molecule has 2 N–H and O–H groups in total. The van der Waals surface area contributed by atoms with Crippen LogP contribution in [-0.4, -0.2) is 47.5 Å². The lowest BCUT2D eigenvalue weighted by atomic mass is 10.3. The highest BCUT2D eigenvalue weighted by Crippen LogP contribution is 2.20. The monoisotopic (exact) mass is 316 g/mol. The Labute approximate surface area is 134 Å². The van der Waals surface area contributed by atoms with E-state index >= 15 is 0 Å². The van der Waals surface area contributed by atoms with Crippen LogP contribution in [0.2, 0.25) is 0 Å². The van der Waals surface area contributed by atoms with Crippen molar-refractivity contribution in [2.24, 2.45) is 0 Å². The number of ether oxygens (including phenoxy) is 1. The zero-order chi connectivity index (χ0) is 16.2. The number of hydrogen-bond donors (Lipinski definition) is 2. The number of carbonyl (C=O) groups is 2. The largest absolute Gasteiger partial charge is 0.385 e. The fourth-order valence-corrected chi connectivity index (χ4v) is 2.34. The van der Waals surface area contributed by atoms with Crippen molar-refractivity contribution in [2.75, 3.05) is 20.3 Å². The van der Waals surface area contributed by atoms with E-state index in [0.717, 1.165) is 19.3 Å². The summed E-state index contributed by atoms with van der Waals surface area (Å²) in [6.07, 6.45) is 4.47. The van der Waals surface area contributed by atoms with Gasteiger partial charge in [0.2, 0.25) is 5.82 Å². The van der Waals surface area contributed by atoms with Crippen molar-refractivity contribution in [2.45, 2.75) is 25.3 Å². The van der Waals surface area contributed by atoms with Crippen LogP contribution >= 0.6 is 0 Å². The Bertz CT molecular complexity index is 721. The van der Waals surface area contributed by atoms with Crippen molar-refractivity contribution in [1.82, 2.24) is 20.0 Å². The number of nitrogens with one attached hydrogen (secondary N) is 2. The van der Waals surface area contributed by atoms with Gasteiger partial charge in [0, 0.05) is 32.5 Å². The molecule has 1 aliphatic carbocycles. The van der Waals surface area contributed by atoms with Crippen LogP contribution in [0.3, 0.4) is 0 Å². The number of amides is 2. The van der Waals surface area contributed by atoms with Crippen molar-refractivity contribution < 1.29 is 14.3 Å². The fourth-order valence-electron chi connectivity index (χ4n) is 2.34. The van der Waals surface area contributed by atoms with E-state index in [-0.39, 0.29) is 23.7 Å². The van der Waals surface area contributed by atoms with Gasteiger partial charge in [0.05, 0.1) is 5.52 Å². The van der Waals surface area contributed by atoms with Crippen molar-refractivity contribution >= 4 is 17.3 Å². The maximum atomic E-state index is 12.3. The molecule has 1 aliphatic rings. The molecule has 2 heterocycles. The van der Waals surface area contributed by atoms with Gasteiger partial charge in [-0.3, -0.25) is 14.0 Å². The van der Waals surface area contributed by atoms with Gasteiger partial charge >= 0.3 is 0 Å². The molecule has 0 bridgehead atoms. The normalized spacial score (nSPS) is 14.0. The van der Waals surface area contributed by atoms with Crippen molar-refractivity contribution in [3.63, 3.8) is 0 Å². The second kappa shape index (κ2) is 6.78. The van der Waals surface area contributed by atoms with Crippen LogP contribution < -0.4 is 10.6 Å². The van der Waals surface area contributed by atoms with Crippen LogP contribution in [0.1, 0.15) is 40.4 Å². The molecule has 0 atom stereocenters. The van der Waals surface area contributed by atoms with Crippen LogP contribution in [-0.2, 0) is 4.74 Å². The maximum absolute atomic E-state index is 12.3. The summed E-state index contributed by atoms with van der Waals surface area (Å²) in [6, 6.07) is 5.66. The highest BCUT2D eigenvalue weighted by molar-refractivity contribution is 6.02. The summed E-state index contributed by atoms with van der Waals surface area (Å²) in [7, 11) is 1.62. The molecule has 7 nitrogen and oxygen atoms in total. The predicted octanol–water partition coefficient (Wildman–Crippen LogP) is 0.993. The molecule has 0 unspecified atom stereocenters. The number of nitrogens with zero attached hydrogens (tertiary/aromatic N) is 2. The molecule has 7 heteroatoms. The Morgan fingerprint density at radius 2 is 2.17 bits per heavy atom. The third-order valence-electron chi connectivity index (χ3n) is 3.69. The number of fused-ring (bicyclic) bond motifs is 1. The minimum atomic E-state index is -0.298. The number of hydrogen-bond acceptors (Lipinski definition) is 4. The molecule has 0 spiro atoms. The molecular weight excluding hydrogens is 296 g/mol. The number of pyridine rings is 1. The van der Waals surface area contributed by atoms with E-state index in [1.54, 1.807) is 29.8 Å². The molecule has 1 saturated carbocycles. The lowest BCUT2D eigenvalue weighted by Gasteiger charge is -2.03. The van der Waals surface area contributed by atoms with Gasteiger partial charge in [-0.2, -0.15) is 0 Å². The molecule has 0 saturated heterocycles. The summed E-state index contributed by atoms with van der Waals surface area (Å²) in [6.45, 7) is 1.08. The van der Waals surface area contributed by atoms with Gasteiger partial charge < -0.3 is 15.4 Å². The van der Waals surface area contributed by atoms with E-state index in [1.807, 2.05) is 6.07 Å². The molecule has 23 heavy (non-hydrogen) atoms. The highest BCUT2D eigenvalue weighted by Gasteiger charge is 2.27. The van der Waals surface area contributed by atoms with Crippen LogP contribution in [0.4, 0.5) is 0 Å². The van der Waals surface area contributed by atoms with Crippen molar-refractivity contribution in [1.29, 1.82) is 0 Å². The Morgan fingerprint density at radius 1 is 1.35 bits per heavy atom. The van der Waals surface area contributed by atoms with E-state index in [9.17, 15) is 9.59 Å². The van der Waals surface area contributed by atoms with Crippen LogP contribution in [0.5, 0.6) is 0 Å². The first-order chi connectivity index (χ1) is 11.2. The molecule has 122 valence electrons. The van der Waals surface area contributed by atoms with Crippen LogP contribution in [0, 0.1) is 0 Å². The minimum absolute atomic E-state index is 0.221. The summed E-state index contributed by atoms with van der Waals surface area (Å²) in [5, 5.41) is 5.71. The first-order valence-electron chi connectivity index (χ1n) is 7.76. The van der Waals surface area contributed by atoms with Crippen molar-refractivity contribution in [3.05, 3.63) is 35.9 Å². The first kappa shape index (κ1) is 15.5. The van der Waals surface area contributed by atoms with Crippen LogP contribution in [0.15, 0.2) is 24.4 Å². The van der Waals surface area contributed by atoms with Gasteiger partial charge in [0.15, 0.2) is 5.69 Å². The third-order valence-corrected chi connectivity index (χ3v) is 3.69. The van der Waals surface area contributed by atoms with E-state index in [1.165, 1.54) is 0 Å². The second-order valence-electron chi connectivity index (χ2n) is 5.59. The number of rotatable bonds is 7. The van der Waals surface area contributed by atoms with E-state index in [0.29, 0.717) is 24.4 Å². The molecule has 1 fully saturated rings. The Morgan fingerprint density at radius 3 is 2.91 bits per heavy atom. The molecular formula is C16H20N4O3. The Kier molecular flexibility index (Phi) is 4.57. The molecule has 2 amide bonds. The SMILES string of the molecule is COCCCNC(=O)c1nc(C(=O)NC2CC2)c2ccccn12. The number of imidazole rings is 1. The van der Waals surface area contributed by atoms with Gasteiger partial charge in [0.1, 0.15) is 0 Å². The smallest absolute Gasteiger partial charge is 0.287 e. The third kappa shape index (κ3) is 3.50. The molecule has 3 rings (SSSR count). The first-order valence-corrected chi connectivity index (χ1v) is 7.76. The zero-order valence-corrected chi connectivity index (χ0v) is 13.0. The number of aromatic nitrogens is 2.